The molecule has 0 spiro atoms. The summed E-state index contributed by atoms with van der Waals surface area (Å²) in [5.41, 5.74) is -0.162. The minimum absolute atomic E-state index is 0.162. The first-order chi connectivity index (χ1) is 6.59. The van der Waals surface area contributed by atoms with Crippen LogP contribution in [0, 0.1) is 0 Å². The number of aromatic nitrogens is 2. The SMILES string of the molecule is COC(C)(C)CCn1ccnc1C=O. The average molecular weight is 196 g/mol. The summed E-state index contributed by atoms with van der Waals surface area (Å²) < 4.78 is 7.11. The van der Waals surface area contributed by atoms with Gasteiger partial charge in [-0.2, -0.15) is 0 Å². The minimum Gasteiger partial charge on any atom is -0.379 e. The molecule has 0 aliphatic rings. The van der Waals surface area contributed by atoms with Gasteiger partial charge in [0.1, 0.15) is 0 Å². The van der Waals surface area contributed by atoms with Crippen LogP contribution >= 0.6 is 0 Å². The lowest BCUT2D eigenvalue weighted by Crippen LogP contribution is -2.24. The van der Waals surface area contributed by atoms with Crippen molar-refractivity contribution in [2.75, 3.05) is 7.11 Å². The lowest BCUT2D eigenvalue weighted by Gasteiger charge is -2.22. The van der Waals surface area contributed by atoms with Crippen molar-refractivity contribution in [3.8, 4) is 0 Å². The molecule has 0 aromatic carbocycles. The second-order valence-electron chi connectivity index (χ2n) is 3.81. The predicted molar refractivity (Wildman–Crippen MR) is 53.3 cm³/mol. The molecule has 0 N–H and O–H groups in total. The van der Waals surface area contributed by atoms with Gasteiger partial charge in [-0.15, -0.1) is 0 Å². The number of aryl methyl sites for hydroxylation is 1. The van der Waals surface area contributed by atoms with Crippen LogP contribution in [-0.4, -0.2) is 28.5 Å². The Morgan fingerprint density at radius 3 is 2.93 bits per heavy atom. The van der Waals surface area contributed by atoms with E-state index in [1.165, 1.54) is 0 Å². The lowest BCUT2D eigenvalue weighted by atomic mass is 10.1. The second-order valence-corrected chi connectivity index (χ2v) is 3.81. The van der Waals surface area contributed by atoms with Gasteiger partial charge in [0, 0.05) is 26.0 Å². The first kappa shape index (κ1) is 10.9. The summed E-state index contributed by atoms with van der Waals surface area (Å²) in [6.45, 7) is 4.78. The van der Waals surface area contributed by atoms with Gasteiger partial charge in [-0.25, -0.2) is 4.98 Å². The molecule has 1 heterocycles. The zero-order valence-electron chi connectivity index (χ0n) is 8.86. The number of carbonyl (C=O) groups excluding carboxylic acids is 1. The molecule has 4 nitrogen and oxygen atoms in total. The third kappa shape index (κ3) is 2.67. The van der Waals surface area contributed by atoms with E-state index in [2.05, 4.69) is 4.98 Å². The van der Waals surface area contributed by atoms with E-state index in [0.717, 1.165) is 19.3 Å². The minimum atomic E-state index is -0.162. The summed E-state index contributed by atoms with van der Waals surface area (Å²) in [6, 6.07) is 0. The van der Waals surface area contributed by atoms with Crippen molar-refractivity contribution in [2.24, 2.45) is 0 Å². The van der Waals surface area contributed by atoms with Crippen LogP contribution in [0.25, 0.3) is 0 Å². The van der Waals surface area contributed by atoms with E-state index in [4.69, 9.17) is 4.74 Å². The van der Waals surface area contributed by atoms with Crippen molar-refractivity contribution < 1.29 is 9.53 Å². The number of methoxy groups -OCH3 is 1. The van der Waals surface area contributed by atoms with Gasteiger partial charge in [0.05, 0.1) is 5.60 Å². The van der Waals surface area contributed by atoms with Gasteiger partial charge in [0.15, 0.2) is 12.1 Å². The third-order valence-corrected chi connectivity index (χ3v) is 2.36. The van der Waals surface area contributed by atoms with Gasteiger partial charge in [0.25, 0.3) is 0 Å². The highest BCUT2D eigenvalue weighted by Crippen LogP contribution is 2.14. The quantitative estimate of drug-likeness (QED) is 0.670. The highest BCUT2D eigenvalue weighted by atomic mass is 16.5. The molecule has 0 aliphatic heterocycles. The van der Waals surface area contributed by atoms with E-state index in [1.54, 1.807) is 19.5 Å². The number of imidazole rings is 1. The molecule has 4 heteroatoms. The van der Waals surface area contributed by atoms with E-state index >= 15 is 0 Å². The molecule has 0 saturated carbocycles. The van der Waals surface area contributed by atoms with Crippen molar-refractivity contribution in [1.29, 1.82) is 0 Å². The normalized spacial score (nSPS) is 11.6. The Kier molecular flexibility index (Phi) is 3.41. The maximum Gasteiger partial charge on any atom is 0.185 e. The van der Waals surface area contributed by atoms with Gasteiger partial charge in [0.2, 0.25) is 0 Å². The molecule has 0 unspecified atom stereocenters. The summed E-state index contributed by atoms with van der Waals surface area (Å²) in [7, 11) is 1.69. The lowest BCUT2D eigenvalue weighted by molar-refractivity contribution is 0.0119. The molecule has 1 aromatic rings. The highest BCUT2D eigenvalue weighted by Gasteiger charge is 2.16. The topological polar surface area (TPSA) is 44.1 Å². The van der Waals surface area contributed by atoms with Crippen LogP contribution in [-0.2, 0) is 11.3 Å². The fourth-order valence-electron chi connectivity index (χ4n) is 1.12. The maximum atomic E-state index is 10.6. The third-order valence-electron chi connectivity index (χ3n) is 2.36. The Labute approximate surface area is 83.9 Å². The highest BCUT2D eigenvalue weighted by molar-refractivity contribution is 5.69. The van der Waals surface area contributed by atoms with E-state index in [-0.39, 0.29) is 5.60 Å². The molecule has 1 aromatic heterocycles. The first-order valence-corrected chi connectivity index (χ1v) is 4.60. The number of ether oxygens (including phenoxy) is 1. The number of carbonyl (C=O) groups is 1. The van der Waals surface area contributed by atoms with Crippen LogP contribution in [0.1, 0.15) is 30.9 Å². The fraction of sp³-hybridized carbons (Fsp3) is 0.600. The van der Waals surface area contributed by atoms with Gasteiger partial charge in [-0.05, 0) is 20.3 Å². The van der Waals surface area contributed by atoms with E-state index < -0.39 is 0 Å². The summed E-state index contributed by atoms with van der Waals surface area (Å²) in [5, 5.41) is 0. The zero-order chi connectivity index (χ0) is 10.6. The Hall–Kier alpha value is -1.16. The molecule has 0 bridgehead atoms. The number of aldehydes is 1. The van der Waals surface area contributed by atoms with Crippen molar-refractivity contribution >= 4 is 6.29 Å². The van der Waals surface area contributed by atoms with Crippen LogP contribution < -0.4 is 0 Å². The maximum absolute atomic E-state index is 10.6. The Balaban J connectivity index is 2.57. The average Bonchev–Trinajstić information content (AvgIpc) is 2.62. The molecule has 0 atom stereocenters. The van der Waals surface area contributed by atoms with Crippen LogP contribution in [0.5, 0.6) is 0 Å². The number of hydrogen-bond acceptors (Lipinski definition) is 3. The van der Waals surface area contributed by atoms with Crippen LogP contribution in [0.4, 0.5) is 0 Å². The molecular weight excluding hydrogens is 180 g/mol. The summed E-state index contributed by atoms with van der Waals surface area (Å²) in [4.78, 5) is 14.5. The summed E-state index contributed by atoms with van der Waals surface area (Å²) in [6.07, 6.45) is 5.04. The van der Waals surface area contributed by atoms with Crippen LogP contribution in [0.3, 0.4) is 0 Å². The van der Waals surface area contributed by atoms with Crippen LogP contribution in [0.15, 0.2) is 12.4 Å². The molecule has 0 radical (unpaired) electrons. The summed E-state index contributed by atoms with van der Waals surface area (Å²) >= 11 is 0. The number of hydrogen-bond donors (Lipinski definition) is 0. The van der Waals surface area contributed by atoms with Gasteiger partial charge in [-0.1, -0.05) is 0 Å². The van der Waals surface area contributed by atoms with E-state index in [9.17, 15) is 4.79 Å². The largest absolute Gasteiger partial charge is 0.379 e. The molecule has 14 heavy (non-hydrogen) atoms. The van der Waals surface area contributed by atoms with Crippen molar-refractivity contribution in [2.45, 2.75) is 32.4 Å². The molecule has 0 saturated heterocycles. The van der Waals surface area contributed by atoms with Crippen molar-refractivity contribution in [1.82, 2.24) is 9.55 Å². The van der Waals surface area contributed by atoms with E-state index in [1.807, 2.05) is 18.4 Å². The van der Waals surface area contributed by atoms with Gasteiger partial charge < -0.3 is 9.30 Å². The number of rotatable bonds is 5. The molecule has 78 valence electrons. The number of nitrogens with zero attached hydrogens (tertiary/aromatic N) is 2. The molecule has 0 amide bonds. The van der Waals surface area contributed by atoms with Crippen molar-refractivity contribution in [3.05, 3.63) is 18.2 Å². The monoisotopic (exact) mass is 196 g/mol. The smallest absolute Gasteiger partial charge is 0.185 e. The Morgan fingerprint density at radius 2 is 2.36 bits per heavy atom. The molecule has 1 rings (SSSR count). The molecule has 0 aliphatic carbocycles. The fourth-order valence-corrected chi connectivity index (χ4v) is 1.12. The Bertz CT molecular complexity index is 305. The van der Waals surface area contributed by atoms with Crippen LogP contribution in [0.2, 0.25) is 0 Å². The van der Waals surface area contributed by atoms with E-state index in [0.29, 0.717) is 5.82 Å². The molecule has 0 fully saturated rings. The Morgan fingerprint density at radius 1 is 1.64 bits per heavy atom. The molecular formula is C10H16N2O2. The van der Waals surface area contributed by atoms with Crippen molar-refractivity contribution in [3.63, 3.8) is 0 Å². The van der Waals surface area contributed by atoms with Gasteiger partial charge in [-0.3, -0.25) is 4.79 Å². The predicted octanol–water partition coefficient (Wildman–Crippen LogP) is 1.51. The zero-order valence-corrected chi connectivity index (χ0v) is 8.86. The summed E-state index contributed by atoms with van der Waals surface area (Å²) in [5.74, 6) is 0.469. The second kappa shape index (κ2) is 4.37. The first-order valence-electron chi connectivity index (χ1n) is 4.60. The van der Waals surface area contributed by atoms with Gasteiger partial charge >= 0.3 is 0 Å². The standard InChI is InChI=1S/C10H16N2O2/c1-10(2,14-3)4-6-12-7-5-11-9(12)8-13/h5,7-8H,4,6H2,1-3H3.